The molecule has 1 spiro atoms. The number of aromatic hydroxyl groups is 1. The molecule has 0 unspecified atom stereocenters. The lowest BCUT2D eigenvalue weighted by molar-refractivity contribution is -0.137. The van der Waals surface area contributed by atoms with E-state index in [0.717, 1.165) is 42.9 Å². The largest absolute Gasteiger partial charge is 0.508 e. The zero-order chi connectivity index (χ0) is 18.1. The van der Waals surface area contributed by atoms with Crippen LogP contribution in [-0.2, 0) is 14.9 Å². The molecule has 2 N–H and O–H groups in total. The number of ether oxygens (including phenoxy) is 1. The first-order chi connectivity index (χ1) is 12.6. The molecule has 3 aliphatic heterocycles. The monoisotopic (exact) mass is 352 g/mol. The number of carbonyl (C=O) groups excluding carboxylic acids is 1. The number of phenols is 1. The summed E-state index contributed by atoms with van der Waals surface area (Å²) in [6.45, 7) is 4.19. The average molecular weight is 352 g/mol. The molecule has 136 valence electrons. The fourth-order valence-electron chi connectivity index (χ4n) is 6.06. The molecule has 1 aromatic carbocycles. The SMILES string of the molecule is CC[C@]12C=CCN3CC[C@]4(C(=C(C(=O)OC)C1)Nc1cc(O)ccc14)[C@@H]32. The summed E-state index contributed by atoms with van der Waals surface area (Å²) in [7, 11) is 1.46. The van der Waals surface area contributed by atoms with Gasteiger partial charge < -0.3 is 15.2 Å². The number of methoxy groups -OCH3 is 1. The molecule has 4 aliphatic rings. The van der Waals surface area contributed by atoms with Gasteiger partial charge in [0.05, 0.1) is 18.1 Å². The number of fused-ring (bicyclic) bond motifs is 1. The van der Waals surface area contributed by atoms with Gasteiger partial charge in [0, 0.05) is 42.0 Å². The first-order valence-electron chi connectivity index (χ1n) is 9.40. The molecular weight excluding hydrogens is 328 g/mol. The lowest BCUT2D eigenvalue weighted by Crippen LogP contribution is -2.58. The van der Waals surface area contributed by atoms with Gasteiger partial charge in [0.2, 0.25) is 0 Å². The van der Waals surface area contributed by atoms with Crippen LogP contribution in [0.4, 0.5) is 5.69 Å². The maximum absolute atomic E-state index is 12.7. The Labute approximate surface area is 153 Å². The van der Waals surface area contributed by atoms with Crippen LogP contribution in [0.2, 0.25) is 0 Å². The van der Waals surface area contributed by atoms with Crippen molar-refractivity contribution in [2.75, 3.05) is 25.5 Å². The highest BCUT2D eigenvalue weighted by Crippen LogP contribution is 2.64. The van der Waals surface area contributed by atoms with E-state index in [1.54, 1.807) is 12.1 Å². The van der Waals surface area contributed by atoms with Gasteiger partial charge in [-0.15, -0.1) is 0 Å². The molecule has 0 radical (unpaired) electrons. The molecule has 0 bridgehead atoms. The van der Waals surface area contributed by atoms with Crippen molar-refractivity contribution in [3.63, 3.8) is 0 Å². The lowest BCUT2D eigenvalue weighted by Gasteiger charge is -2.53. The molecule has 0 amide bonds. The first-order valence-corrected chi connectivity index (χ1v) is 9.40. The molecule has 26 heavy (non-hydrogen) atoms. The van der Waals surface area contributed by atoms with Crippen molar-refractivity contribution in [3.8, 4) is 5.75 Å². The minimum Gasteiger partial charge on any atom is -0.508 e. The molecule has 5 rings (SSSR count). The number of anilines is 1. The maximum atomic E-state index is 12.7. The Kier molecular flexibility index (Phi) is 3.15. The van der Waals surface area contributed by atoms with Crippen LogP contribution in [0, 0.1) is 5.41 Å². The Morgan fingerprint density at radius 1 is 1.46 bits per heavy atom. The number of benzene rings is 1. The third kappa shape index (κ3) is 1.72. The number of nitrogens with one attached hydrogen (secondary N) is 1. The van der Waals surface area contributed by atoms with E-state index in [2.05, 4.69) is 29.3 Å². The Morgan fingerprint density at radius 2 is 2.31 bits per heavy atom. The van der Waals surface area contributed by atoms with Crippen LogP contribution in [0.1, 0.15) is 31.7 Å². The highest BCUT2D eigenvalue weighted by atomic mass is 16.5. The number of nitrogens with zero attached hydrogens (tertiary/aromatic N) is 1. The smallest absolute Gasteiger partial charge is 0.335 e. The summed E-state index contributed by atoms with van der Waals surface area (Å²) in [5.74, 6) is -0.000681. The zero-order valence-electron chi connectivity index (χ0n) is 15.2. The quantitative estimate of drug-likeness (QED) is 0.633. The highest BCUT2D eigenvalue weighted by molar-refractivity contribution is 5.93. The maximum Gasteiger partial charge on any atom is 0.335 e. The average Bonchev–Trinajstić information content (AvgIpc) is 3.20. The van der Waals surface area contributed by atoms with Crippen molar-refractivity contribution in [1.29, 1.82) is 0 Å². The topological polar surface area (TPSA) is 61.8 Å². The van der Waals surface area contributed by atoms with Gasteiger partial charge >= 0.3 is 5.97 Å². The summed E-state index contributed by atoms with van der Waals surface area (Å²) in [5.41, 5.74) is 3.58. The van der Waals surface area contributed by atoms with E-state index >= 15 is 0 Å². The Balaban J connectivity index is 1.83. The molecule has 3 heterocycles. The van der Waals surface area contributed by atoms with Crippen LogP contribution < -0.4 is 5.32 Å². The number of carbonyl (C=O) groups is 1. The normalized spacial score (nSPS) is 34.2. The predicted molar refractivity (Wildman–Crippen MR) is 98.9 cm³/mol. The summed E-state index contributed by atoms with van der Waals surface area (Å²) < 4.78 is 5.17. The van der Waals surface area contributed by atoms with E-state index in [-0.39, 0.29) is 22.5 Å². The van der Waals surface area contributed by atoms with Crippen molar-refractivity contribution >= 4 is 11.7 Å². The van der Waals surface area contributed by atoms with E-state index in [1.165, 1.54) is 12.7 Å². The number of hydrogen-bond donors (Lipinski definition) is 2. The van der Waals surface area contributed by atoms with E-state index in [1.807, 2.05) is 6.07 Å². The summed E-state index contributed by atoms with van der Waals surface area (Å²) >= 11 is 0. The van der Waals surface area contributed by atoms with Crippen molar-refractivity contribution in [2.45, 2.75) is 37.6 Å². The second-order valence-corrected chi connectivity index (χ2v) is 7.98. The Hall–Kier alpha value is -2.27. The molecule has 1 saturated heterocycles. The van der Waals surface area contributed by atoms with Gasteiger partial charge in [-0.25, -0.2) is 4.79 Å². The predicted octanol–water partition coefficient (Wildman–Crippen LogP) is 2.93. The number of rotatable bonds is 2. The molecule has 1 aromatic rings. The number of phenolic OH excluding ortho intramolecular Hbond substituents is 1. The van der Waals surface area contributed by atoms with Crippen molar-refractivity contribution in [2.24, 2.45) is 5.41 Å². The molecular formula is C21H24N2O3. The van der Waals surface area contributed by atoms with Gasteiger partial charge in [0.25, 0.3) is 0 Å². The van der Waals surface area contributed by atoms with Crippen LogP contribution in [0.5, 0.6) is 5.75 Å². The minimum absolute atomic E-state index is 0.0665. The van der Waals surface area contributed by atoms with Gasteiger partial charge in [-0.2, -0.15) is 0 Å². The van der Waals surface area contributed by atoms with Crippen LogP contribution >= 0.6 is 0 Å². The molecule has 1 fully saturated rings. The number of esters is 1. The third-order valence-electron chi connectivity index (χ3n) is 7.05. The van der Waals surface area contributed by atoms with Crippen molar-refractivity contribution in [1.82, 2.24) is 4.90 Å². The molecule has 0 aromatic heterocycles. The lowest BCUT2D eigenvalue weighted by atomic mass is 9.55. The fraction of sp³-hybridized carbons (Fsp3) is 0.476. The van der Waals surface area contributed by atoms with Gasteiger partial charge in [0.1, 0.15) is 5.75 Å². The van der Waals surface area contributed by atoms with E-state index < -0.39 is 0 Å². The van der Waals surface area contributed by atoms with Gasteiger partial charge in [0.15, 0.2) is 0 Å². The molecule has 3 atom stereocenters. The molecule has 0 saturated carbocycles. The fourth-order valence-corrected chi connectivity index (χ4v) is 6.06. The van der Waals surface area contributed by atoms with Crippen LogP contribution in [0.25, 0.3) is 0 Å². The van der Waals surface area contributed by atoms with Crippen LogP contribution in [0.15, 0.2) is 41.6 Å². The second-order valence-electron chi connectivity index (χ2n) is 7.98. The van der Waals surface area contributed by atoms with E-state index in [0.29, 0.717) is 12.5 Å². The number of hydrogen-bond acceptors (Lipinski definition) is 5. The highest BCUT2D eigenvalue weighted by Gasteiger charge is 2.65. The summed E-state index contributed by atoms with van der Waals surface area (Å²) in [5, 5.41) is 13.5. The zero-order valence-corrected chi connectivity index (χ0v) is 15.2. The van der Waals surface area contributed by atoms with Crippen molar-refractivity contribution < 1.29 is 14.6 Å². The Bertz CT molecular complexity index is 874. The standard InChI is InChI=1S/C21H24N2O3/c1-3-20-7-4-9-23-10-8-21(19(20)23)15-6-5-13(24)11-16(15)22-17(21)14(12-20)18(25)26-2/h4-7,11,19,22,24H,3,8-10,12H2,1-2H3/t19-,20-,21-/m0/s1. The first kappa shape index (κ1) is 15.9. The molecule has 5 heteroatoms. The van der Waals surface area contributed by atoms with Gasteiger partial charge in [-0.3, -0.25) is 4.90 Å². The summed E-state index contributed by atoms with van der Waals surface area (Å²) in [4.78, 5) is 15.3. The molecule has 1 aliphatic carbocycles. The Morgan fingerprint density at radius 3 is 3.08 bits per heavy atom. The second kappa shape index (κ2) is 5.13. The van der Waals surface area contributed by atoms with Gasteiger partial charge in [-0.1, -0.05) is 25.1 Å². The third-order valence-corrected chi connectivity index (χ3v) is 7.05. The van der Waals surface area contributed by atoms with Crippen LogP contribution in [-0.4, -0.2) is 42.2 Å². The summed E-state index contributed by atoms with van der Waals surface area (Å²) in [6, 6.07) is 5.90. The molecule has 5 nitrogen and oxygen atoms in total. The van der Waals surface area contributed by atoms with E-state index in [4.69, 9.17) is 4.74 Å². The van der Waals surface area contributed by atoms with Gasteiger partial charge in [-0.05, 0) is 30.9 Å². The van der Waals surface area contributed by atoms with Crippen LogP contribution in [0.3, 0.4) is 0 Å². The van der Waals surface area contributed by atoms with E-state index in [9.17, 15) is 9.90 Å². The van der Waals surface area contributed by atoms with Crippen molar-refractivity contribution in [3.05, 3.63) is 47.2 Å². The minimum atomic E-state index is -0.243. The summed E-state index contributed by atoms with van der Waals surface area (Å²) in [6.07, 6.45) is 7.26.